The van der Waals surface area contributed by atoms with E-state index in [1.165, 1.54) is 11.0 Å². The van der Waals surface area contributed by atoms with Gasteiger partial charge in [-0.1, -0.05) is 76.2 Å². The summed E-state index contributed by atoms with van der Waals surface area (Å²) >= 11 is 0. The van der Waals surface area contributed by atoms with Gasteiger partial charge in [-0.05, 0) is 84.8 Å². The fraction of sp³-hybridized carbons (Fsp3) is 0.579. The zero-order chi connectivity index (χ0) is 36.4. The lowest BCUT2D eigenvalue weighted by atomic mass is 9.94. The summed E-state index contributed by atoms with van der Waals surface area (Å²) < 4.78 is 11.2. The van der Waals surface area contributed by atoms with Crippen molar-refractivity contribution in [3.63, 3.8) is 0 Å². The molecule has 266 valence electrons. The predicted octanol–water partition coefficient (Wildman–Crippen LogP) is 6.71. The minimum absolute atomic E-state index is 0.140. The minimum Gasteiger partial charge on any atom is -0.508 e. The number of amides is 3. The van der Waals surface area contributed by atoms with Gasteiger partial charge >= 0.3 is 12.1 Å². The van der Waals surface area contributed by atoms with Crippen LogP contribution >= 0.6 is 0 Å². The number of alkyl carbamates (subject to hydrolysis) is 1. The van der Waals surface area contributed by atoms with Crippen molar-refractivity contribution in [2.75, 3.05) is 0 Å². The van der Waals surface area contributed by atoms with E-state index in [4.69, 9.17) is 9.47 Å². The van der Waals surface area contributed by atoms with Crippen molar-refractivity contribution < 1.29 is 33.8 Å². The van der Waals surface area contributed by atoms with Crippen molar-refractivity contribution in [3.05, 3.63) is 65.7 Å². The molecular formula is C38H57N3O7. The maximum atomic E-state index is 14.7. The number of benzene rings is 2. The lowest BCUT2D eigenvalue weighted by molar-refractivity contribution is -0.159. The first-order chi connectivity index (χ1) is 22.2. The Bertz CT molecular complexity index is 1360. The molecule has 10 nitrogen and oxygen atoms in total. The third-order valence-electron chi connectivity index (χ3n) is 7.54. The Labute approximate surface area is 287 Å². The Morgan fingerprint density at radius 1 is 0.771 bits per heavy atom. The van der Waals surface area contributed by atoms with Gasteiger partial charge in [0.15, 0.2) is 0 Å². The fourth-order valence-corrected chi connectivity index (χ4v) is 5.22. The Balaban J connectivity index is 2.71. The normalized spacial score (nSPS) is 14.4. The van der Waals surface area contributed by atoms with Gasteiger partial charge in [0.05, 0.1) is 0 Å². The lowest BCUT2D eigenvalue weighted by Crippen LogP contribution is -2.58. The van der Waals surface area contributed by atoms with Crippen LogP contribution < -0.4 is 10.6 Å². The molecule has 0 fully saturated rings. The number of nitrogens with zero attached hydrogens (tertiary/aromatic N) is 1. The molecule has 0 saturated heterocycles. The molecule has 0 aromatic heterocycles. The van der Waals surface area contributed by atoms with E-state index in [1.807, 2.05) is 37.3 Å². The number of nitrogens with one attached hydrogen (secondary N) is 2. The van der Waals surface area contributed by atoms with Gasteiger partial charge in [0, 0.05) is 18.0 Å². The molecule has 3 amide bonds. The summed E-state index contributed by atoms with van der Waals surface area (Å²) in [7, 11) is 0. The highest BCUT2D eigenvalue weighted by Gasteiger charge is 2.42. The molecule has 48 heavy (non-hydrogen) atoms. The zero-order valence-electron chi connectivity index (χ0n) is 30.6. The number of phenolic OH excluding ortho intramolecular Hbond substituents is 1. The van der Waals surface area contributed by atoms with Gasteiger partial charge < -0.3 is 30.1 Å². The monoisotopic (exact) mass is 667 g/mol. The summed E-state index contributed by atoms with van der Waals surface area (Å²) in [5.74, 6) is -2.09. The average Bonchev–Trinajstić information content (AvgIpc) is 2.95. The molecule has 0 aliphatic heterocycles. The first-order valence-corrected chi connectivity index (χ1v) is 16.9. The first kappa shape index (κ1) is 40.1. The predicted molar refractivity (Wildman–Crippen MR) is 187 cm³/mol. The van der Waals surface area contributed by atoms with E-state index in [0.717, 1.165) is 12.0 Å². The second-order valence-corrected chi connectivity index (χ2v) is 15.2. The van der Waals surface area contributed by atoms with Crippen LogP contribution in [-0.2, 0) is 30.3 Å². The van der Waals surface area contributed by atoms with E-state index >= 15 is 0 Å². The van der Waals surface area contributed by atoms with Crippen LogP contribution in [0.4, 0.5) is 4.79 Å². The highest BCUT2D eigenvalue weighted by Crippen LogP contribution is 2.33. The molecule has 3 N–H and O–H groups in total. The van der Waals surface area contributed by atoms with Gasteiger partial charge in [-0.15, -0.1) is 0 Å². The van der Waals surface area contributed by atoms with Crippen molar-refractivity contribution in [1.82, 2.24) is 15.5 Å². The van der Waals surface area contributed by atoms with E-state index in [-0.39, 0.29) is 23.7 Å². The standard InChI is InChI=1S/C38H57N3O7/c1-24(2)21-22-26(5)41(34(44)31(25(3)4)40-36(46)48-38(9,10)11)32(28-19-15-16-20-30(28)42)33(43)39-29(35(45)47-37(6,7)8)23-27-17-13-12-14-18-27/h12-20,24-26,29,31-32,42H,21-23H2,1-11H3,(H,39,43)(H,40,46). The van der Waals surface area contributed by atoms with Crippen LogP contribution in [0.3, 0.4) is 0 Å². The molecular weight excluding hydrogens is 610 g/mol. The number of hydrogen-bond donors (Lipinski definition) is 3. The Hall–Kier alpha value is -4.08. The number of para-hydroxylation sites is 1. The van der Waals surface area contributed by atoms with Crippen molar-refractivity contribution in [2.24, 2.45) is 11.8 Å². The molecule has 0 aliphatic carbocycles. The second-order valence-electron chi connectivity index (χ2n) is 15.2. The molecule has 0 spiro atoms. The van der Waals surface area contributed by atoms with Gasteiger partial charge in [0.2, 0.25) is 11.8 Å². The average molecular weight is 668 g/mol. The number of esters is 1. The molecule has 2 aromatic carbocycles. The van der Waals surface area contributed by atoms with Crippen LogP contribution in [0, 0.1) is 11.8 Å². The van der Waals surface area contributed by atoms with Gasteiger partial charge in [-0.25, -0.2) is 9.59 Å². The number of aromatic hydroxyl groups is 1. The topological polar surface area (TPSA) is 134 Å². The molecule has 4 unspecified atom stereocenters. The van der Waals surface area contributed by atoms with Crippen LogP contribution in [-0.4, -0.2) is 63.2 Å². The molecule has 0 saturated carbocycles. The van der Waals surface area contributed by atoms with Crippen LogP contribution in [0.5, 0.6) is 5.75 Å². The van der Waals surface area contributed by atoms with E-state index in [2.05, 4.69) is 24.5 Å². The van der Waals surface area contributed by atoms with Crippen LogP contribution in [0.1, 0.15) is 106 Å². The third kappa shape index (κ3) is 12.8. The number of phenols is 1. The smallest absolute Gasteiger partial charge is 0.408 e. The quantitative estimate of drug-likeness (QED) is 0.191. The van der Waals surface area contributed by atoms with E-state index < -0.39 is 59.2 Å². The minimum atomic E-state index is -1.36. The van der Waals surface area contributed by atoms with Crippen molar-refractivity contribution in [3.8, 4) is 5.75 Å². The number of carbonyl (C=O) groups excluding carboxylic acids is 4. The first-order valence-electron chi connectivity index (χ1n) is 16.9. The van der Waals surface area contributed by atoms with Crippen LogP contribution in [0.15, 0.2) is 54.6 Å². The van der Waals surface area contributed by atoms with E-state index in [0.29, 0.717) is 12.3 Å². The highest BCUT2D eigenvalue weighted by molar-refractivity contribution is 5.94. The van der Waals surface area contributed by atoms with Crippen molar-refractivity contribution >= 4 is 23.9 Å². The molecule has 0 heterocycles. The summed E-state index contributed by atoms with van der Waals surface area (Å²) in [5, 5.41) is 16.7. The maximum absolute atomic E-state index is 14.7. The van der Waals surface area contributed by atoms with Gasteiger partial charge in [0.25, 0.3) is 0 Å². The Morgan fingerprint density at radius 2 is 1.33 bits per heavy atom. The van der Waals surface area contributed by atoms with Crippen molar-refractivity contribution in [2.45, 2.75) is 131 Å². The lowest BCUT2D eigenvalue weighted by Gasteiger charge is -2.40. The summed E-state index contributed by atoms with van der Waals surface area (Å²) in [6.07, 6.45) is 0.666. The highest BCUT2D eigenvalue weighted by atomic mass is 16.6. The zero-order valence-corrected chi connectivity index (χ0v) is 30.6. The molecule has 0 aliphatic rings. The van der Waals surface area contributed by atoms with Gasteiger partial charge in [-0.2, -0.15) is 0 Å². The van der Waals surface area contributed by atoms with Crippen molar-refractivity contribution in [1.29, 1.82) is 0 Å². The molecule has 2 aromatic rings. The number of ether oxygens (including phenoxy) is 2. The van der Waals surface area contributed by atoms with Crippen LogP contribution in [0.25, 0.3) is 0 Å². The number of carbonyl (C=O) groups is 4. The largest absolute Gasteiger partial charge is 0.508 e. The van der Waals surface area contributed by atoms with E-state index in [1.54, 1.807) is 73.6 Å². The molecule has 0 bridgehead atoms. The Morgan fingerprint density at radius 3 is 1.85 bits per heavy atom. The summed E-state index contributed by atoms with van der Waals surface area (Å²) in [4.78, 5) is 57.2. The summed E-state index contributed by atoms with van der Waals surface area (Å²) in [6, 6.07) is 11.5. The van der Waals surface area contributed by atoms with Gasteiger partial charge in [-0.3, -0.25) is 9.59 Å². The van der Waals surface area contributed by atoms with Crippen LogP contribution in [0.2, 0.25) is 0 Å². The fourth-order valence-electron chi connectivity index (χ4n) is 5.22. The molecule has 2 rings (SSSR count). The molecule has 10 heteroatoms. The molecule has 0 radical (unpaired) electrons. The third-order valence-corrected chi connectivity index (χ3v) is 7.54. The Kier molecular flexibility index (Phi) is 14.5. The maximum Gasteiger partial charge on any atom is 0.408 e. The number of rotatable bonds is 14. The number of hydrogen-bond acceptors (Lipinski definition) is 7. The summed E-state index contributed by atoms with van der Waals surface area (Å²) in [5.41, 5.74) is -0.638. The summed E-state index contributed by atoms with van der Waals surface area (Å²) in [6.45, 7) is 20.0. The van der Waals surface area contributed by atoms with Gasteiger partial charge in [0.1, 0.15) is 35.1 Å². The SMILES string of the molecule is CC(C)CCC(C)N(C(=O)C(NC(=O)OC(C)(C)C)C(C)C)C(C(=O)NC(Cc1ccccc1)C(=O)OC(C)(C)C)c1ccccc1O. The molecule has 4 atom stereocenters. The van der Waals surface area contributed by atoms with E-state index in [9.17, 15) is 24.3 Å². The second kappa shape index (κ2) is 17.4.